The summed E-state index contributed by atoms with van der Waals surface area (Å²) in [6.07, 6.45) is 4.12. The number of nitrogens with one attached hydrogen (secondary N) is 1. The molecule has 112 valence electrons. The molecule has 0 radical (unpaired) electrons. The molecule has 0 spiro atoms. The summed E-state index contributed by atoms with van der Waals surface area (Å²) in [7, 11) is -0.842. The number of aryl methyl sites for hydroxylation is 1. The maximum absolute atomic E-state index is 11.3. The van der Waals surface area contributed by atoms with Gasteiger partial charge in [-0.1, -0.05) is 20.3 Å². The van der Waals surface area contributed by atoms with E-state index in [1.165, 1.54) is 6.07 Å². The molecular formula is C14H22N2O3S. The summed E-state index contributed by atoms with van der Waals surface area (Å²) < 4.78 is 11.3. The number of carbonyl (C=O) groups is 1. The largest absolute Gasteiger partial charge is 0.478 e. The van der Waals surface area contributed by atoms with Gasteiger partial charge in [-0.05, 0) is 25.0 Å². The first kappa shape index (κ1) is 16.6. The Balaban J connectivity index is 2.73. The average molecular weight is 298 g/mol. The first-order valence-electron chi connectivity index (χ1n) is 6.74. The monoisotopic (exact) mass is 298 g/mol. The quantitative estimate of drug-likeness (QED) is 0.770. The summed E-state index contributed by atoms with van der Waals surface area (Å²) in [4.78, 5) is 15.5. The van der Waals surface area contributed by atoms with Gasteiger partial charge in [-0.25, -0.2) is 9.78 Å². The predicted octanol–water partition coefficient (Wildman–Crippen LogP) is 2.30. The van der Waals surface area contributed by atoms with Gasteiger partial charge >= 0.3 is 5.97 Å². The summed E-state index contributed by atoms with van der Waals surface area (Å²) in [6.45, 7) is 4.59. The Morgan fingerprint density at radius 1 is 1.50 bits per heavy atom. The Morgan fingerprint density at radius 3 is 2.75 bits per heavy atom. The van der Waals surface area contributed by atoms with Crippen LogP contribution in [-0.4, -0.2) is 38.3 Å². The molecule has 0 fully saturated rings. The summed E-state index contributed by atoms with van der Waals surface area (Å²) in [5, 5.41) is 12.3. The molecule has 0 amide bonds. The van der Waals surface area contributed by atoms with Crippen LogP contribution in [0.3, 0.4) is 0 Å². The smallest absolute Gasteiger partial charge is 0.335 e. The van der Waals surface area contributed by atoms with Gasteiger partial charge in [-0.2, -0.15) is 0 Å². The van der Waals surface area contributed by atoms with Crippen molar-refractivity contribution in [3.63, 3.8) is 0 Å². The number of rotatable bonds is 8. The highest BCUT2D eigenvalue weighted by Crippen LogP contribution is 2.13. The van der Waals surface area contributed by atoms with Gasteiger partial charge in [0.25, 0.3) is 0 Å². The normalized spacial score (nSPS) is 13.8. The topological polar surface area (TPSA) is 79.3 Å². The lowest BCUT2D eigenvalue weighted by atomic mass is 10.1. The third-order valence-electron chi connectivity index (χ3n) is 3.06. The zero-order valence-electron chi connectivity index (χ0n) is 12.2. The number of aromatic carboxylic acids is 1. The lowest BCUT2D eigenvalue weighted by Gasteiger charge is -2.11. The zero-order valence-corrected chi connectivity index (χ0v) is 13.0. The van der Waals surface area contributed by atoms with Gasteiger partial charge in [0.2, 0.25) is 0 Å². The van der Waals surface area contributed by atoms with Gasteiger partial charge in [0.15, 0.2) is 0 Å². The lowest BCUT2D eigenvalue weighted by molar-refractivity contribution is 0.0696. The number of nitrogens with zero attached hydrogens (tertiary/aromatic N) is 1. The minimum absolute atomic E-state index is 0.111. The highest BCUT2D eigenvalue weighted by Gasteiger charge is 2.09. The van der Waals surface area contributed by atoms with Gasteiger partial charge < -0.3 is 10.4 Å². The fraction of sp³-hybridized carbons (Fsp3) is 0.571. The van der Waals surface area contributed by atoms with E-state index >= 15 is 0 Å². The minimum atomic E-state index is -0.948. The summed E-state index contributed by atoms with van der Waals surface area (Å²) in [6, 6.07) is 3.15. The molecule has 20 heavy (non-hydrogen) atoms. The third kappa shape index (κ3) is 5.28. The van der Waals surface area contributed by atoms with Crippen LogP contribution in [0.25, 0.3) is 0 Å². The maximum Gasteiger partial charge on any atom is 0.335 e. The summed E-state index contributed by atoms with van der Waals surface area (Å²) >= 11 is 0. The van der Waals surface area contributed by atoms with Gasteiger partial charge in [-0.3, -0.25) is 4.21 Å². The second kappa shape index (κ2) is 7.99. The fourth-order valence-electron chi connectivity index (χ4n) is 1.76. The number of anilines is 1. The van der Waals surface area contributed by atoms with Crippen molar-refractivity contribution < 1.29 is 14.1 Å². The second-order valence-corrected chi connectivity index (χ2v) is 6.61. The standard InChI is InChI=1S/C14H22N2O3S/c1-4-5-12-8-11(14(17)18)9-13(16-12)15-7-6-10(2)20(3)19/h8-10H,4-7H2,1-3H3,(H,15,16)(H,17,18). The number of pyridine rings is 1. The molecule has 6 heteroatoms. The van der Waals surface area contributed by atoms with E-state index in [1.54, 1.807) is 12.3 Å². The van der Waals surface area contributed by atoms with E-state index in [2.05, 4.69) is 10.3 Å². The maximum atomic E-state index is 11.3. The molecule has 1 aromatic heterocycles. The molecule has 0 aliphatic heterocycles. The Hall–Kier alpha value is -1.43. The zero-order chi connectivity index (χ0) is 15.1. The van der Waals surface area contributed by atoms with Crippen LogP contribution in [-0.2, 0) is 17.2 Å². The van der Waals surface area contributed by atoms with E-state index in [0.717, 1.165) is 25.0 Å². The molecule has 2 N–H and O–H groups in total. The van der Waals surface area contributed by atoms with Crippen molar-refractivity contribution in [1.82, 2.24) is 4.98 Å². The summed E-state index contributed by atoms with van der Waals surface area (Å²) in [5.74, 6) is -0.377. The Labute approximate surface area is 122 Å². The third-order valence-corrected chi connectivity index (χ3v) is 4.42. The molecule has 1 aromatic rings. The Morgan fingerprint density at radius 2 is 2.20 bits per heavy atom. The molecule has 0 bridgehead atoms. The van der Waals surface area contributed by atoms with Crippen LogP contribution in [0.4, 0.5) is 5.82 Å². The van der Waals surface area contributed by atoms with Gasteiger partial charge in [0.1, 0.15) is 5.82 Å². The highest BCUT2D eigenvalue weighted by atomic mass is 32.2. The molecule has 0 saturated carbocycles. The molecule has 0 aliphatic carbocycles. The van der Waals surface area contributed by atoms with Crippen LogP contribution in [0.2, 0.25) is 0 Å². The first-order valence-corrected chi connectivity index (χ1v) is 8.36. The summed E-state index contributed by atoms with van der Waals surface area (Å²) in [5.41, 5.74) is 1.03. The van der Waals surface area contributed by atoms with Crippen LogP contribution in [0.15, 0.2) is 12.1 Å². The molecule has 1 rings (SSSR count). The van der Waals surface area contributed by atoms with Crippen LogP contribution < -0.4 is 5.32 Å². The van der Waals surface area contributed by atoms with E-state index in [-0.39, 0.29) is 10.8 Å². The molecule has 0 saturated heterocycles. The van der Waals surface area contributed by atoms with Crippen molar-refractivity contribution in [2.45, 2.75) is 38.4 Å². The Kier molecular flexibility index (Phi) is 6.64. The molecule has 1 heterocycles. The molecule has 5 nitrogen and oxygen atoms in total. The lowest BCUT2D eigenvalue weighted by Crippen LogP contribution is -2.16. The predicted molar refractivity (Wildman–Crippen MR) is 81.8 cm³/mol. The highest BCUT2D eigenvalue weighted by molar-refractivity contribution is 7.84. The van der Waals surface area contributed by atoms with E-state index in [0.29, 0.717) is 12.4 Å². The van der Waals surface area contributed by atoms with Crippen LogP contribution >= 0.6 is 0 Å². The first-order chi connectivity index (χ1) is 9.43. The van der Waals surface area contributed by atoms with Crippen molar-refractivity contribution in [2.75, 3.05) is 18.1 Å². The van der Waals surface area contributed by atoms with Crippen molar-refractivity contribution in [3.8, 4) is 0 Å². The number of hydrogen-bond acceptors (Lipinski definition) is 4. The van der Waals surface area contributed by atoms with E-state index in [9.17, 15) is 9.00 Å². The van der Waals surface area contributed by atoms with Gasteiger partial charge in [0.05, 0.1) is 5.56 Å². The van der Waals surface area contributed by atoms with Crippen molar-refractivity contribution in [1.29, 1.82) is 0 Å². The number of aromatic nitrogens is 1. The van der Waals surface area contributed by atoms with E-state index < -0.39 is 16.8 Å². The molecule has 0 aromatic carbocycles. The average Bonchev–Trinajstić information content (AvgIpc) is 2.38. The van der Waals surface area contributed by atoms with E-state index in [1.807, 2.05) is 13.8 Å². The van der Waals surface area contributed by atoms with Crippen molar-refractivity contribution >= 4 is 22.6 Å². The number of hydrogen-bond donors (Lipinski definition) is 2. The Bertz CT molecular complexity index is 491. The minimum Gasteiger partial charge on any atom is -0.478 e. The van der Waals surface area contributed by atoms with E-state index in [4.69, 9.17) is 5.11 Å². The number of carboxylic acid groups (broad SMARTS) is 1. The molecule has 2 atom stereocenters. The van der Waals surface area contributed by atoms with Crippen LogP contribution in [0.5, 0.6) is 0 Å². The second-order valence-electron chi connectivity index (χ2n) is 4.81. The molecule has 0 aliphatic rings. The van der Waals surface area contributed by atoms with Gasteiger partial charge in [0, 0.05) is 34.5 Å². The molecule has 2 unspecified atom stereocenters. The fourth-order valence-corrected chi connectivity index (χ4v) is 2.21. The van der Waals surface area contributed by atoms with Crippen LogP contribution in [0.1, 0.15) is 42.7 Å². The van der Waals surface area contributed by atoms with Crippen molar-refractivity contribution in [3.05, 3.63) is 23.4 Å². The number of carboxylic acids is 1. The SMILES string of the molecule is CCCc1cc(C(=O)O)cc(NCCC(C)S(C)=O)n1. The molecular weight excluding hydrogens is 276 g/mol. The van der Waals surface area contributed by atoms with Crippen molar-refractivity contribution in [2.24, 2.45) is 0 Å². The van der Waals surface area contributed by atoms with Crippen LogP contribution in [0, 0.1) is 0 Å². The van der Waals surface area contributed by atoms with Gasteiger partial charge in [-0.15, -0.1) is 0 Å².